The Labute approximate surface area is 191 Å². The number of carbonyl (C=O) groups excluding carboxylic acids is 4. The smallest absolute Gasteiger partial charge is 0.355 e. The van der Waals surface area contributed by atoms with E-state index in [1.54, 1.807) is 44.2 Å². The number of nitrogens with zero attached hydrogens (tertiary/aromatic N) is 2. The number of rotatable bonds is 7. The van der Waals surface area contributed by atoms with Gasteiger partial charge >= 0.3 is 5.97 Å². The van der Waals surface area contributed by atoms with E-state index < -0.39 is 35.8 Å². The zero-order valence-corrected chi connectivity index (χ0v) is 18.5. The molecule has 2 aliphatic rings. The van der Waals surface area contributed by atoms with Crippen LogP contribution in [0.25, 0.3) is 0 Å². The van der Waals surface area contributed by atoms with Crippen LogP contribution < -0.4 is 0 Å². The number of allylic oxidation sites excluding steroid dienone is 1. The van der Waals surface area contributed by atoms with E-state index in [9.17, 15) is 19.2 Å². The first-order valence-corrected chi connectivity index (χ1v) is 10.7. The van der Waals surface area contributed by atoms with Gasteiger partial charge in [-0.3, -0.25) is 24.2 Å². The summed E-state index contributed by atoms with van der Waals surface area (Å²) in [5, 5.41) is 0. The number of fused-ring (bicyclic) bond motifs is 1. The second-order valence-electron chi connectivity index (χ2n) is 8.18. The molecule has 7 nitrogen and oxygen atoms in total. The summed E-state index contributed by atoms with van der Waals surface area (Å²) in [7, 11) is 0. The molecule has 2 aromatic rings. The summed E-state index contributed by atoms with van der Waals surface area (Å²) in [6, 6.07) is 14.1. The van der Waals surface area contributed by atoms with E-state index in [0.29, 0.717) is 12.0 Å². The molecule has 4 rings (SSSR count). The van der Waals surface area contributed by atoms with Gasteiger partial charge < -0.3 is 4.74 Å². The molecule has 0 unspecified atom stereocenters. The zero-order chi connectivity index (χ0) is 23.7. The highest BCUT2D eigenvalue weighted by molar-refractivity contribution is 6.23. The normalized spacial score (nSPS) is 19.2. The van der Waals surface area contributed by atoms with Gasteiger partial charge in [0.1, 0.15) is 18.3 Å². The number of ether oxygens (including phenoxy) is 1. The van der Waals surface area contributed by atoms with Gasteiger partial charge in [-0.25, -0.2) is 4.79 Å². The van der Waals surface area contributed by atoms with E-state index in [4.69, 9.17) is 4.74 Å². The van der Waals surface area contributed by atoms with Gasteiger partial charge in [0.25, 0.3) is 17.7 Å². The monoisotopic (exact) mass is 444 g/mol. The number of likely N-dealkylation sites (tertiary alicyclic amines) is 1. The fourth-order valence-corrected chi connectivity index (χ4v) is 4.29. The van der Waals surface area contributed by atoms with Gasteiger partial charge in [-0.15, -0.1) is 6.58 Å². The van der Waals surface area contributed by atoms with E-state index in [2.05, 4.69) is 6.58 Å². The van der Waals surface area contributed by atoms with Crippen molar-refractivity contribution in [3.05, 3.63) is 95.2 Å². The first kappa shape index (κ1) is 22.2. The highest BCUT2D eigenvalue weighted by Crippen LogP contribution is 2.37. The topological polar surface area (TPSA) is 84.0 Å². The summed E-state index contributed by atoms with van der Waals surface area (Å²) in [6.45, 7) is 7.24. The lowest BCUT2D eigenvalue weighted by molar-refractivity contribution is -0.158. The summed E-state index contributed by atoms with van der Waals surface area (Å²) >= 11 is 0. The molecule has 3 amide bonds. The lowest BCUT2D eigenvalue weighted by Gasteiger charge is -2.49. The average Bonchev–Trinajstić information content (AvgIpc) is 3.06. The number of hydrogen-bond donors (Lipinski definition) is 0. The number of benzene rings is 2. The molecule has 0 aliphatic carbocycles. The van der Waals surface area contributed by atoms with Crippen LogP contribution in [-0.4, -0.2) is 45.6 Å². The second kappa shape index (κ2) is 8.86. The third kappa shape index (κ3) is 3.75. The maximum atomic E-state index is 13.3. The van der Waals surface area contributed by atoms with E-state index in [1.165, 1.54) is 4.90 Å². The maximum absolute atomic E-state index is 13.3. The fourth-order valence-electron chi connectivity index (χ4n) is 4.29. The molecule has 1 saturated heterocycles. The Balaban J connectivity index is 1.59. The predicted molar refractivity (Wildman–Crippen MR) is 121 cm³/mol. The number of hydrogen-bond acceptors (Lipinski definition) is 5. The Morgan fingerprint density at radius 1 is 0.970 bits per heavy atom. The predicted octanol–water partition coefficient (Wildman–Crippen LogP) is 3.48. The molecule has 0 radical (unpaired) electrons. The van der Waals surface area contributed by atoms with E-state index in [1.807, 2.05) is 30.3 Å². The summed E-state index contributed by atoms with van der Waals surface area (Å²) in [6.07, 6.45) is 1.90. The fraction of sp³-hybridized carbons (Fsp3) is 0.231. The third-order valence-electron chi connectivity index (χ3n) is 5.82. The van der Waals surface area contributed by atoms with Crippen LogP contribution in [-0.2, 0) is 20.9 Å². The zero-order valence-electron chi connectivity index (χ0n) is 18.5. The molecule has 0 N–H and O–H groups in total. The minimum absolute atomic E-state index is 0.0619. The third-order valence-corrected chi connectivity index (χ3v) is 5.82. The quantitative estimate of drug-likeness (QED) is 0.215. The van der Waals surface area contributed by atoms with Gasteiger partial charge in [-0.2, -0.15) is 0 Å². The molecular formula is C26H24N2O5. The first-order valence-electron chi connectivity index (χ1n) is 10.7. The second-order valence-corrected chi connectivity index (χ2v) is 8.18. The van der Waals surface area contributed by atoms with Crippen LogP contribution in [0.1, 0.15) is 46.5 Å². The Hall–Kier alpha value is -4.00. The lowest BCUT2D eigenvalue weighted by atomic mass is 9.88. The first-order chi connectivity index (χ1) is 15.9. The van der Waals surface area contributed by atoms with Gasteiger partial charge in [-0.05, 0) is 43.5 Å². The highest BCUT2D eigenvalue weighted by atomic mass is 16.5. The van der Waals surface area contributed by atoms with Crippen LogP contribution in [0.2, 0.25) is 0 Å². The molecule has 168 valence electrons. The Morgan fingerprint density at radius 3 is 2.09 bits per heavy atom. The Bertz CT molecular complexity index is 1150. The van der Waals surface area contributed by atoms with Gasteiger partial charge in [0.05, 0.1) is 17.2 Å². The number of β-lactam (4-membered cyclic amide) rings is 1. The summed E-state index contributed by atoms with van der Waals surface area (Å²) < 4.78 is 5.47. The van der Waals surface area contributed by atoms with Crippen LogP contribution in [0, 0.1) is 0 Å². The number of carbonyl (C=O) groups is 4. The van der Waals surface area contributed by atoms with E-state index in [-0.39, 0.29) is 23.4 Å². The van der Waals surface area contributed by atoms with Crippen LogP contribution in [0.3, 0.4) is 0 Å². The lowest BCUT2D eigenvalue weighted by Crippen LogP contribution is -2.71. The van der Waals surface area contributed by atoms with Crippen LogP contribution in [0.5, 0.6) is 0 Å². The van der Waals surface area contributed by atoms with Crippen molar-refractivity contribution >= 4 is 23.7 Å². The van der Waals surface area contributed by atoms with Gasteiger partial charge in [-0.1, -0.05) is 48.5 Å². The van der Waals surface area contributed by atoms with Crippen molar-refractivity contribution in [2.75, 3.05) is 0 Å². The number of esters is 1. The minimum atomic E-state index is -1.01. The van der Waals surface area contributed by atoms with Crippen molar-refractivity contribution in [3.63, 3.8) is 0 Å². The molecule has 2 aromatic carbocycles. The van der Waals surface area contributed by atoms with Crippen LogP contribution in [0.4, 0.5) is 0 Å². The molecule has 2 aliphatic heterocycles. The molecule has 0 aromatic heterocycles. The summed E-state index contributed by atoms with van der Waals surface area (Å²) in [5.41, 5.74) is 2.08. The van der Waals surface area contributed by atoms with Crippen LogP contribution in [0.15, 0.2) is 78.5 Å². The maximum Gasteiger partial charge on any atom is 0.355 e. The highest BCUT2D eigenvalue weighted by Gasteiger charge is 2.57. The van der Waals surface area contributed by atoms with Crippen molar-refractivity contribution in [3.8, 4) is 0 Å². The molecular weight excluding hydrogens is 420 g/mol. The van der Waals surface area contributed by atoms with Crippen LogP contribution >= 0.6 is 0 Å². The van der Waals surface area contributed by atoms with Crippen molar-refractivity contribution < 1.29 is 23.9 Å². The van der Waals surface area contributed by atoms with Gasteiger partial charge in [0.15, 0.2) is 0 Å². The average molecular weight is 444 g/mol. The van der Waals surface area contributed by atoms with Crippen molar-refractivity contribution in [1.29, 1.82) is 0 Å². The van der Waals surface area contributed by atoms with Crippen molar-refractivity contribution in [2.24, 2.45) is 0 Å². The number of imide groups is 1. The molecule has 1 fully saturated rings. The van der Waals surface area contributed by atoms with E-state index >= 15 is 0 Å². The minimum Gasteiger partial charge on any atom is -0.456 e. The molecule has 33 heavy (non-hydrogen) atoms. The molecule has 0 saturated carbocycles. The molecule has 7 heteroatoms. The van der Waals surface area contributed by atoms with Crippen molar-refractivity contribution in [1.82, 2.24) is 9.80 Å². The van der Waals surface area contributed by atoms with Gasteiger partial charge in [0.2, 0.25) is 0 Å². The summed E-state index contributed by atoms with van der Waals surface area (Å²) in [4.78, 5) is 54.5. The number of amides is 3. The molecule has 0 spiro atoms. The molecule has 0 bridgehead atoms. The molecule has 2 atom stereocenters. The largest absolute Gasteiger partial charge is 0.456 e. The summed E-state index contributed by atoms with van der Waals surface area (Å²) in [5.74, 6) is -2.15. The Kier molecular flexibility index (Phi) is 5.96. The van der Waals surface area contributed by atoms with E-state index in [0.717, 1.165) is 10.5 Å². The standard InChI is InChI=1S/C26H24N2O5/c1-4-10-20-22(28-23(29)18-13-8-9-14-19(18)24(28)30)25(31)27(20)21(16(2)3)26(32)33-15-17-11-6-5-7-12-17/h4-9,11-14,20,22H,1,10,15H2,2-3H3/t20-,22-/m0/s1. The van der Waals surface area contributed by atoms with Crippen molar-refractivity contribution in [2.45, 2.75) is 39.0 Å². The van der Waals surface area contributed by atoms with Gasteiger partial charge in [0, 0.05) is 0 Å². The Morgan fingerprint density at radius 2 is 1.55 bits per heavy atom. The molecule has 2 heterocycles. The SMILES string of the molecule is C=CC[C@H]1[C@H](N2C(=O)c3ccccc3C2=O)C(=O)N1C(C(=O)OCc1ccccc1)=C(C)C.